The zero-order valence-electron chi connectivity index (χ0n) is 11.0. The second-order valence-corrected chi connectivity index (χ2v) is 3.89. The van der Waals surface area contributed by atoms with Crippen molar-refractivity contribution in [1.82, 2.24) is 0 Å². The molecule has 98 valence electrons. The third-order valence-corrected chi connectivity index (χ3v) is 2.77. The zero-order chi connectivity index (χ0) is 13.5. The van der Waals surface area contributed by atoms with Crippen LogP contribution in [0.5, 0.6) is 0 Å². The average Bonchev–Trinajstić information content (AvgIpc) is 2.37. The van der Waals surface area contributed by atoms with Crippen molar-refractivity contribution in [2.75, 3.05) is 13.7 Å². The molecule has 0 amide bonds. The Bertz CT molecular complexity index is 437. The van der Waals surface area contributed by atoms with Crippen molar-refractivity contribution in [2.24, 2.45) is 0 Å². The molecular weight excluding hydrogens is 232 g/mol. The van der Waals surface area contributed by atoms with E-state index in [1.165, 1.54) is 7.11 Å². The van der Waals surface area contributed by atoms with Crippen molar-refractivity contribution < 1.29 is 19.1 Å². The lowest BCUT2D eigenvalue weighted by Gasteiger charge is -2.10. The Morgan fingerprint density at radius 1 is 1.28 bits per heavy atom. The van der Waals surface area contributed by atoms with Crippen LogP contribution in [0.2, 0.25) is 0 Å². The smallest absolute Gasteiger partial charge is 0.338 e. The van der Waals surface area contributed by atoms with Crippen LogP contribution in [0.1, 0.15) is 34.8 Å². The van der Waals surface area contributed by atoms with Gasteiger partial charge in [-0.2, -0.15) is 0 Å². The van der Waals surface area contributed by atoms with Gasteiger partial charge >= 0.3 is 11.9 Å². The molecule has 18 heavy (non-hydrogen) atoms. The van der Waals surface area contributed by atoms with Gasteiger partial charge < -0.3 is 9.47 Å². The maximum atomic E-state index is 11.7. The minimum Gasteiger partial charge on any atom is -0.469 e. The maximum Gasteiger partial charge on any atom is 0.338 e. The molecular formula is C14H18O4. The van der Waals surface area contributed by atoms with Crippen molar-refractivity contribution in [3.8, 4) is 0 Å². The molecule has 1 aromatic rings. The van der Waals surface area contributed by atoms with Crippen molar-refractivity contribution in [3.05, 3.63) is 34.9 Å². The molecule has 4 nitrogen and oxygen atoms in total. The molecule has 4 heteroatoms. The summed E-state index contributed by atoms with van der Waals surface area (Å²) in [5.74, 6) is -0.578. The summed E-state index contributed by atoms with van der Waals surface area (Å²) in [5, 5.41) is 0. The van der Waals surface area contributed by atoms with E-state index in [1.54, 1.807) is 19.1 Å². The Morgan fingerprint density at radius 3 is 2.61 bits per heavy atom. The molecule has 0 bridgehead atoms. The van der Waals surface area contributed by atoms with E-state index in [4.69, 9.17) is 4.74 Å². The number of benzene rings is 1. The van der Waals surface area contributed by atoms with E-state index in [0.717, 1.165) is 11.1 Å². The summed E-state index contributed by atoms with van der Waals surface area (Å²) < 4.78 is 9.58. The van der Waals surface area contributed by atoms with Crippen LogP contribution in [0.3, 0.4) is 0 Å². The first kappa shape index (κ1) is 14.2. The topological polar surface area (TPSA) is 52.6 Å². The first-order valence-corrected chi connectivity index (χ1v) is 5.92. The molecule has 0 aliphatic rings. The third-order valence-electron chi connectivity index (χ3n) is 2.77. The van der Waals surface area contributed by atoms with Gasteiger partial charge in [-0.3, -0.25) is 4.79 Å². The van der Waals surface area contributed by atoms with Crippen LogP contribution in [0, 0.1) is 6.92 Å². The summed E-state index contributed by atoms with van der Waals surface area (Å²) in [5.41, 5.74) is 2.38. The number of esters is 2. The van der Waals surface area contributed by atoms with Gasteiger partial charge in [-0.25, -0.2) is 4.79 Å². The number of ether oxygens (including phenoxy) is 2. The lowest BCUT2D eigenvalue weighted by Crippen LogP contribution is -2.09. The highest BCUT2D eigenvalue weighted by Crippen LogP contribution is 2.16. The largest absolute Gasteiger partial charge is 0.469 e. The van der Waals surface area contributed by atoms with Gasteiger partial charge in [-0.15, -0.1) is 0 Å². The van der Waals surface area contributed by atoms with Crippen molar-refractivity contribution in [2.45, 2.75) is 26.7 Å². The molecule has 0 radical (unpaired) electrons. The minimum absolute atomic E-state index is 0.254. The summed E-state index contributed by atoms with van der Waals surface area (Å²) in [6.45, 7) is 3.98. The van der Waals surface area contributed by atoms with Gasteiger partial charge in [0, 0.05) is 6.42 Å². The van der Waals surface area contributed by atoms with Crippen molar-refractivity contribution in [1.29, 1.82) is 0 Å². The summed E-state index contributed by atoms with van der Waals surface area (Å²) in [7, 11) is 1.37. The number of rotatable bonds is 5. The fourth-order valence-electron chi connectivity index (χ4n) is 1.72. The van der Waals surface area contributed by atoms with E-state index in [0.29, 0.717) is 25.0 Å². The molecule has 1 aromatic carbocycles. The average molecular weight is 250 g/mol. The van der Waals surface area contributed by atoms with Crippen LogP contribution >= 0.6 is 0 Å². The Labute approximate surface area is 107 Å². The Morgan fingerprint density at radius 2 is 2.00 bits per heavy atom. The summed E-state index contributed by atoms with van der Waals surface area (Å²) in [6, 6.07) is 5.43. The molecule has 0 aromatic heterocycles. The molecule has 0 atom stereocenters. The SMILES string of the molecule is CCOC(=O)c1cccc(CCC(=O)OC)c1C. The van der Waals surface area contributed by atoms with Gasteiger partial charge in [0.05, 0.1) is 19.3 Å². The van der Waals surface area contributed by atoms with E-state index >= 15 is 0 Å². The third kappa shape index (κ3) is 3.58. The molecule has 1 rings (SSSR count). The molecule has 0 saturated carbocycles. The van der Waals surface area contributed by atoms with Gasteiger partial charge in [0.2, 0.25) is 0 Å². The van der Waals surface area contributed by atoms with Gasteiger partial charge in [-0.05, 0) is 37.5 Å². The highest BCUT2D eigenvalue weighted by Gasteiger charge is 2.13. The number of carbonyl (C=O) groups excluding carboxylic acids is 2. The molecule has 0 N–H and O–H groups in total. The molecule has 0 fully saturated rings. The van der Waals surface area contributed by atoms with Gasteiger partial charge in [0.25, 0.3) is 0 Å². The fourth-order valence-corrected chi connectivity index (χ4v) is 1.72. The minimum atomic E-state index is -0.324. The molecule has 0 unspecified atom stereocenters. The van der Waals surface area contributed by atoms with Gasteiger partial charge in [0.1, 0.15) is 0 Å². The predicted molar refractivity (Wildman–Crippen MR) is 67.5 cm³/mol. The van der Waals surface area contributed by atoms with Crippen LogP contribution in [0.4, 0.5) is 0 Å². The lowest BCUT2D eigenvalue weighted by molar-refractivity contribution is -0.140. The van der Waals surface area contributed by atoms with Crippen LogP contribution in [-0.2, 0) is 20.7 Å². The summed E-state index contributed by atoms with van der Waals surface area (Å²) in [6.07, 6.45) is 0.870. The van der Waals surface area contributed by atoms with E-state index in [-0.39, 0.29) is 11.9 Å². The molecule has 0 spiro atoms. The Balaban J connectivity index is 2.84. The van der Waals surface area contributed by atoms with Gasteiger partial charge in [-0.1, -0.05) is 12.1 Å². The predicted octanol–water partition coefficient (Wildman–Crippen LogP) is 2.28. The molecule has 0 aliphatic carbocycles. The number of methoxy groups -OCH3 is 1. The first-order valence-electron chi connectivity index (χ1n) is 5.92. The molecule has 0 heterocycles. The zero-order valence-corrected chi connectivity index (χ0v) is 11.0. The van der Waals surface area contributed by atoms with E-state index < -0.39 is 0 Å². The van der Waals surface area contributed by atoms with Crippen molar-refractivity contribution in [3.63, 3.8) is 0 Å². The molecule has 0 aliphatic heterocycles. The quantitative estimate of drug-likeness (QED) is 0.752. The number of hydrogen-bond donors (Lipinski definition) is 0. The number of hydrogen-bond acceptors (Lipinski definition) is 4. The lowest BCUT2D eigenvalue weighted by atomic mass is 9.99. The van der Waals surface area contributed by atoms with E-state index in [1.807, 2.05) is 13.0 Å². The van der Waals surface area contributed by atoms with Crippen LogP contribution in [0.25, 0.3) is 0 Å². The van der Waals surface area contributed by atoms with E-state index in [9.17, 15) is 9.59 Å². The second-order valence-electron chi connectivity index (χ2n) is 3.89. The fraction of sp³-hybridized carbons (Fsp3) is 0.429. The highest BCUT2D eigenvalue weighted by molar-refractivity contribution is 5.91. The van der Waals surface area contributed by atoms with E-state index in [2.05, 4.69) is 4.74 Å². The summed E-state index contributed by atoms with van der Waals surface area (Å²) in [4.78, 5) is 22.8. The maximum absolute atomic E-state index is 11.7. The highest BCUT2D eigenvalue weighted by atomic mass is 16.5. The number of carbonyl (C=O) groups is 2. The first-order chi connectivity index (χ1) is 8.60. The Hall–Kier alpha value is -1.84. The van der Waals surface area contributed by atoms with Crippen LogP contribution < -0.4 is 0 Å². The normalized spacial score (nSPS) is 9.94. The van der Waals surface area contributed by atoms with Crippen LogP contribution in [-0.4, -0.2) is 25.7 Å². The van der Waals surface area contributed by atoms with Crippen LogP contribution in [0.15, 0.2) is 18.2 Å². The Kier molecular flexibility index (Phi) is 5.36. The second kappa shape index (κ2) is 6.79. The van der Waals surface area contributed by atoms with Crippen molar-refractivity contribution >= 4 is 11.9 Å². The standard InChI is InChI=1S/C14H18O4/c1-4-18-14(16)12-7-5-6-11(10(12)2)8-9-13(15)17-3/h5-7H,4,8-9H2,1-3H3. The number of aryl methyl sites for hydroxylation is 1. The van der Waals surface area contributed by atoms with Gasteiger partial charge in [0.15, 0.2) is 0 Å². The molecule has 0 saturated heterocycles. The summed E-state index contributed by atoms with van der Waals surface area (Å²) >= 11 is 0. The monoisotopic (exact) mass is 250 g/mol.